The summed E-state index contributed by atoms with van der Waals surface area (Å²) in [6.07, 6.45) is 0.989. The van der Waals surface area contributed by atoms with Crippen molar-refractivity contribution in [1.29, 1.82) is 0 Å². The molecular weight excluding hydrogens is 438 g/mol. The lowest BCUT2D eigenvalue weighted by molar-refractivity contribution is 0.381. The summed E-state index contributed by atoms with van der Waals surface area (Å²) >= 11 is 0. The van der Waals surface area contributed by atoms with E-state index in [9.17, 15) is 0 Å². The maximum atomic E-state index is 8.74. The zero-order valence-corrected chi connectivity index (χ0v) is 20.0. The van der Waals surface area contributed by atoms with Crippen molar-refractivity contribution in [3.05, 3.63) is 29.2 Å². The first-order chi connectivity index (χ1) is 14.9. The summed E-state index contributed by atoms with van der Waals surface area (Å²) < 4.78 is 44.4. The van der Waals surface area contributed by atoms with Crippen molar-refractivity contribution >= 4 is 22.0 Å². The molecule has 0 amide bonds. The van der Waals surface area contributed by atoms with E-state index in [0.717, 1.165) is 46.0 Å². The predicted octanol–water partition coefficient (Wildman–Crippen LogP) is 3.29. The maximum absolute atomic E-state index is 8.74. The summed E-state index contributed by atoms with van der Waals surface area (Å²) in [6, 6.07) is 4.16. The first-order valence-electron chi connectivity index (χ1n) is 9.82. The molecule has 1 aromatic carbocycles. The van der Waals surface area contributed by atoms with Gasteiger partial charge in [0, 0.05) is 17.7 Å². The molecule has 32 heavy (non-hydrogen) atoms. The summed E-state index contributed by atoms with van der Waals surface area (Å²) in [6.45, 7) is 10.2. The Bertz CT molecular complexity index is 1200. The van der Waals surface area contributed by atoms with Gasteiger partial charge in [-0.15, -0.1) is 0 Å². The molecule has 2 aromatic heterocycles. The van der Waals surface area contributed by atoms with Crippen LogP contribution in [0.25, 0.3) is 16.8 Å². The van der Waals surface area contributed by atoms with Gasteiger partial charge >= 0.3 is 10.4 Å². The van der Waals surface area contributed by atoms with E-state index in [1.807, 2.05) is 32.9 Å². The predicted molar refractivity (Wildman–Crippen MR) is 121 cm³/mol. The number of anilines is 1. The van der Waals surface area contributed by atoms with Gasteiger partial charge in [-0.1, -0.05) is 6.92 Å². The van der Waals surface area contributed by atoms with Crippen LogP contribution in [0.2, 0.25) is 0 Å². The van der Waals surface area contributed by atoms with E-state index in [2.05, 4.69) is 29.1 Å². The van der Waals surface area contributed by atoms with Crippen molar-refractivity contribution in [3.63, 3.8) is 0 Å². The molecule has 3 N–H and O–H groups in total. The molecule has 0 unspecified atom stereocenters. The monoisotopic (exact) mass is 467 g/mol. The fourth-order valence-electron chi connectivity index (χ4n) is 3.18. The highest BCUT2D eigenvalue weighted by Gasteiger charge is 2.22. The van der Waals surface area contributed by atoms with Crippen LogP contribution in [0.5, 0.6) is 11.5 Å². The third-order valence-electron chi connectivity index (χ3n) is 4.74. The molecule has 3 rings (SSSR count). The van der Waals surface area contributed by atoms with E-state index >= 15 is 0 Å². The lowest BCUT2D eigenvalue weighted by Gasteiger charge is -2.15. The molecule has 0 aliphatic heterocycles. The number of hydrogen-bond donors (Lipinski definition) is 3. The van der Waals surface area contributed by atoms with Gasteiger partial charge in [-0.2, -0.15) is 23.0 Å². The zero-order valence-electron chi connectivity index (χ0n) is 19.2. The fraction of sp³-hybridized carbons (Fsp3) is 0.450. The van der Waals surface area contributed by atoms with Gasteiger partial charge in [-0.05, 0) is 45.7 Å². The number of methoxy groups -OCH3 is 2. The van der Waals surface area contributed by atoms with Gasteiger partial charge in [0.1, 0.15) is 17.3 Å². The van der Waals surface area contributed by atoms with E-state index < -0.39 is 10.4 Å². The van der Waals surface area contributed by atoms with Gasteiger partial charge in [0.05, 0.1) is 25.5 Å². The molecule has 1 atom stereocenters. The Morgan fingerprint density at radius 2 is 1.72 bits per heavy atom. The molecule has 0 radical (unpaired) electrons. The molecule has 0 spiro atoms. The van der Waals surface area contributed by atoms with Gasteiger partial charge in [0.15, 0.2) is 5.65 Å². The molecule has 0 fully saturated rings. The molecule has 0 bridgehead atoms. The van der Waals surface area contributed by atoms with Gasteiger partial charge in [0.25, 0.3) is 0 Å². The number of hydrogen-bond acceptors (Lipinski definition) is 8. The third kappa shape index (κ3) is 6.05. The van der Waals surface area contributed by atoms with Crippen LogP contribution in [-0.4, -0.2) is 57.4 Å². The van der Waals surface area contributed by atoms with Crippen LogP contribution in [0, 0.1) is 20.8 Å². The van der Waals surface area contributed by atoms with Gasteiger partial charge in [-0.25, -0.2) is 4.98 Å². The molecule has 3 aromatic rings. The molecule has 0 aliphatic carbocycles. The largest absolute Gasteiger partial charge is 0.497 e. The van der Waals surface area contributed by atoms with Crippen molar-refractivity contribution in [2.45, 2.75) is 47.1 Å². The number of nitrogens with zero attached hydrogens (tertiary/aromatic N) is 4. The lowest BCUT2D eigenvalue weighted by Crippen LogP contribution is -2.18. The number of aromatic nitrogens is 4. The first-order valence-corrected chi connectivity index (χ1v) is 11.2. The minimum absolute atomic E-state index is 0.285. The fourth-order valence-corrected chi connectivity index (χ4v) is 3.18. The average molecular weight is 468 g/mol. The van der Waals surface area contributed by atoms with Gasteiger partial charge in [-0.3, -0.25) is 9.11 Å². The first kappa shape index (κ1) is 25.3. The molecule has 176 valence electrons. The molecule has 0 aliphatic rings. The standard InChI is InChI=1S/C20H27N5O2.H2O4S/c1-8-12(3)21-20-23-14(5)22-19-18(13(4)24-25(19)20)17-11(2)9-15(26-6)10-16(17)27-7;1-5(2,3)4/h9-10,12H,8H2,1-7H3,(H,21,22,23);(H2,1,2,3,4)/t12-;/m1./s1. The molecule has 2 heterocycles. The van der Waals surface area contributed by atoms with E-state index in [1.54, 1.807) is 18.7 Å². The number of rotatable bonds is 6. The third-order valence-corrected chi connectivity index (χ3v) is 4.74. The minimum Gasteiger partial charge on any atom is -0.497 e. The normalized spacial score (nSPS) is 12.2. The smallest absolute Gasteiger partial charge is 0.394 e. The van der Waals surface area contributed by atoms with E-state index in [-0.39, 0.29) is 6.04 Å². The Kier molecular flexibility index (Phi) is 7.99. The number of fused-ring (bicyclic) bond motifs is 1. The number of benzene rings is 1. The highest BCUT2D eigenvalue weighted by molar-refractivity contribution is 7.79. The van der Waals surface area contributed by atoms with E-state index in [0.29, 0.717) is 11.8 Å². The molecular formula is C20H29N5O6S. The molecule has 11 nitrogen and oxygen atoms in total. The summed E-state index contributed by atoms with van der Waals surface area (Å²) in [5, 5.41) is 8.15. The van der Waals surface area contributed by atoms with Crippen molar-refractivity contribution in [2.75, 3.05) is 19.5 Å². The number of aryl methyl sites for hydroxylation is 3. The van der Waals surface area contributed by atoms with E-state index in [4.69, 9.17) is 32.1 Å². The summed E-state index contributed by atoms with van der Waals surface area (Å²) in [4.78, 5) is 9.25. The Labute approximate surface area is 187 Å². The molecule has 0 saturated carbocycles. The Hall–Kier alpha value is -2.96. The number of ether oxygens (including phenoxy) is 2. The second-order valence-electron chi connectivity index (χ2n) is 7.21. The molecule has 0 saturated heterocycles. The van der Waals surface area contributed by atoms with Crippen LogP contribution in [-0.2, 0) is 10.4 Å². The summed E-state index contributed by atoms with van der Waals surface area (Å²) in [7, 11) is -1.35. The van der Waals surface area contributed by atoms with E-state index in [1.165, 1.54) is 0 Å². The lowest BCUT2D eigenvalue weighted by atomic mass is 9.99. The van der Waals surface area contributed by atoms with Crippen LogP contribution < -0.4 is 14.8 Å². The highest BCUT2D eigenvalue weighted by atomic mass is 32.3. The van der Waals surface area contributed by atoms with Crippen LogP contribution in [0.1, 0.15) is 37.4 Å². The average Bonchev–Trinajstić information content (AvgIpc) is 3.01. The minimum atomic E-state index is -4.67. The Morgan fingerprint density at radius 3 is 2.25 bits per heavy atom. The van der Waals surface area contributed by atoms with Crippen molar-refractivity contribution in [2.24, 2.45) is 0 Å². The Morgan fingerprint density at radius 1 is 1.09 bits per heavy atom. The van der Waals surface area contributed by atoms with Crippen LogP contribution in [0.3, 0.4) is 0 Å². The summed E-state index contributed by atoms with van der Waals surface area (Å²) in [5.41, 5.74) is 4.59. The quantitative estimate of drug-likeness (QED) is 0.461. The highest BCUT2D eigenvalue weighted by Crippen LogP contribution is 2.40. The van der Waals surface area contributed by atoms with Crippen LogP contribution in [0.15, 0.2) is 12.1 Å². The van der Waals surface area contributed by atoms with Crippen molar-refractivity contribution in [3.8, 4) is 22.6 Å². The summed E-state index contributed by atoms with van der Waals surface area (Å²) in [5.74, 6) is 2.88. The SMILES string of the molecule is CC[C@@H](C)Nc1nc(C)nc2c(-c3c(C)cc(OC)cc3OC)c(C)nn12.O=S(=O)(O)O. The second-order valence-corrected chi connectivity index (χ2v) is 8.11. The zero-order chi connectivity index (χ0) is 24.2. The van der Waals surface area contributed by atoms with Crippen molar-refractivity contribution in [1.82, 2.24) is 19.6 Å². The van der Waals surface area contributed by atoms with Crippen LogP contribution in [0.4, 0.5) is 5.95 Å². The van der Waals surface area contributed by atoms with Crippen LogP contribution >= 0.6 is 0 Å². The Balaban J connectivity index is 0.000000654. The topological polar surface area (TPSA) is 148 Å². The number of nitrogens with one attached hydrogen (secondary N) is 1. The van der Waals surface area contributed by atoms with Crippen molar-refractivity contribution < 1.29 is 27.0 Å². The van der Waals surface area contributed by atoms with Gasteiger partial charge < -0.3 is 14.8 Å². The second kappa shape index (κ2) is 10.1. The molecule has 12 heteroatoms. The maximum Gasteiger partial charge on any atom is 0.394 e. The van der Waals surface area contributed by atoms with Gasteiger partial charge in [0.2, 0.25) is 5.95 Å².